The molecule has 1 aliphatic carbocycles. The molecule has 1 aliphatic rings. The Kier molecular flexibility index (Phi) is 8.06. The Hall–Kier alpha value is -2.87. The first-order chi connectivity index (χ1) is 15.0. The number of methoxy groups -OCH3 is 1. The van der Waals surface area contributed by atoms with Crippen molar-refractivity contribution in [3.05, 3.63) is 45.1 Å². The fourth-order valence-electron chi connectivity index (χ4n) is 3.49. The number of carbonyl (C=O) groups excluding carboxylic acids is 3. The number of ether oxygens (including phenoxy) is 2. The molecule has 0 unspecified atom stereocenters. The van der Waals surface area contributed by atoms with Crippen molar-refractivity contribution in [2.75, 3.05) is 25.6 Å². The molecule has 8 heteroatoms. The number of rotatable bonds is 7. The minimum Gasteiger partial charge on any atom is -0.495 e. The molecule has 0 atom stereocenters. The first-order valence-electron chi connectivity index (χ1n) is 10.5. The highest BCUT2D eigenvalue weighted by molar-refractivity contribution is 7.14. The van der Waals surface area contributed by atoms with Crippen molar-refractivity contribution in [2.24, 2.45) is 0 Å². The van der Waals surface area contributed by atoms with Crippen LogP contribution in [0.5, 0.6) is 5.75 Å². The molecule has 0 bridgehead atoms. The van der Waals surface area contributed by atoms with Gasteiger partial charge in [-0.05, 0) is 61.9 Å². The van der Waals surface area contributed by atoms with Crippen molar-refractivity contribution < 1.29 is 23.9 Å². The third-order valence-electron chi connectivity index (χ3n) is 5.11. The average Bonchev–Trinajstić information content (AvgIpc) is 3.12. The number of fused-ring (bicyclic) bond motifs is 1. The third-order valence-corrected chi connectivity index (χ3v) is 6.32. The fraction of sp³-hybridized carbons (Fsp3) is 0.435. The van der Waals surface area contributed by atoms with E-state index in [1.807, 2.05) is 19.1 Å². The summed E-state index contributed by atoms with van der Waals surface area (Å²) in [6, 6.07) is 7.31. The van der Waals surface area contributed by atoms with E-state index in [9.17, 15) is 14.4 Å². The molecule has 1 aromatic carbocycles. The van der Waals surface area contributed by atoms with Gasteiger partial charge in [0.25, 0.3) is 5.91 Å². The zero-order valence-electron chi connectivity index (χ0n) is 17.9. The van der Waals surface area contributed by atoms with Crippen LogP contribution in [0.4, 0.5) is 5.69 Å². The molecular weight excluding hydrogens is 416 g/mol. The predicted molar refractivity (Wildman–Crippen MR) is 120 cm³/mol. The van der Waals surface area contributed by atoms with Gasteiger partial charge >= 0.3 is 5.97 Å². The first kappa shape index (κ1) is 22.8. The molecule has 31 heavy (non-hydrogen) atoms. The van der Waals surface area contributed by atoms with Gasteiger partial charge in [-0.15, -0.1) is 11.3 Å². The van der Waals surface area contributed by atoms with Crippen LogP contribution in [0.2, 0.25) is 0 Å². The van der Waals surface area contributed by atoms with E-state index in [0.29, 0.717) is 16.3 Å². The fourth-order valence-corrected chi connectivity index (χ4v) is 4.64. The molecule has 2 amide bonds. The summed E-state index contributed by atoms with van der Waals surface area (Å²) in [6.07, 6.45) is 6.70. The van der Waals surface area contributed by atoms with E-state index in [4.69, 9.17) is 9.47 Å². The van der Waals surface area contributed by atoms with E-state index in [-0.39, 0.29) is 6.54 Å². The molecule has 3 rings (SSSR count). The van der Waals surface area contributed by atoms with Gasteiger partial charge in [0.05, 0.1) is 19.3 Å². The summed E-state index contributed by atoms with van der Waals surface area (Å²) in [5, 5.41) is 5.16. The lowest BCUT2D eigenvalue weighted by atomic mass is 10.00. The van der Waals surface area contributed by atoms with Crippen LogP contribution in [0.25, 0.3) is 0 Å². The van der Waals surface area contributed by atoms with Crippen molar-refractivity contribution >= 4 is 34.8 Å². The average molecular weight is 445 g/mol. The van der Waals surface area contributed by atoms with Crippen molar-refractivity contribution in [1.29, 1.82) is 0 Å². The number of anilines is 1. The van der Waals surface area contributed by atoms with Gasteiger partial charge in [0, 0.05) is 4.88 Å². The van der Waals surface area contributed by atoms with Gasteiger partial charge in [-0.2, -0.15) is 0 Å². The predicted octanol–water partition coefficient (Wildman–Crippen LogP) is 3.64. The molecule has 0 aliphatic heterocycles. The number of hydrogen-bond donors (Lipinski definition) is 2. The van der Waals surface area contributed by atoms with E-state index in [2.05, 4.69) is 10.6 Å². The van der Waals surface area contributed by atoms with Gasteiger partial charge in [0.1, 0.15) is 10.6 Å². The van der Waals surface area contributed by atoms with Crippen LogP contribution in [-0.2, 0) is 27.2 Å². The molecule has 0 radical (unpaired) electrons. The summed E-state index contributed by atoms with van der Waals surface area (Å²) in [4.78, 5) is 38.3. The maximum atomic E-state index is 12.3. The molecule has 166 valence electrons. The number of nitrogens with one attached hydrogen (secondary N) is 2. The van der Waals surface area contributed by atoms with Gasteiger partial charge < -0.3 is 20.1 Å². The first-order valence-corrected chi connectivity index (χ1v) is 11.3. The zero-order chi connectivity index (χ0) is 22.2. The number of thiophene rings is 1. The molecule has 1 heterocycles. The highest BCUT2D eigenvalue weighted by atomic mass is 32.1. The number of hydrogen-bond acceptors (Lipinski definition) is 6. The Morgan fingerprint density at radius 1 is 1.03 bits per heavy atom. The highest BCUT2D eigenvalue weighted by Gasteiger charge is 2.18. The van der Waals surface area contributed by atoms with Crippen molar-refractivity contribution in [1.82, 2.24) is 5.32 Å². The van der Waals surface area contributed by atoms with Gasteiger partial charge in [0.15, 0.2) is 6.61 Å². The number of carbonyl (C=O) groups is 3. The van der Waals surface area contributed by atoms with Crippen LogP contribution < -0.4 is 15.4 Å². The van der Waals surface area contributed by atoms with E-state index in [1.165, 1.54) is 41.7 Å². The van der Waals surface area contributed by atoms with Crippen LogP contribution in [0.15, 0.2) is 24.3 Å². The molecule has 7 nitrogen and oxygen atoms in total. The maximum Gasteiger partial charge on any atom is 0.348 e. The quantitative estimate of drug-likeness (QED) is 0.636. The second kappa shape index (κ2) is 10.9. The van der Waals surface area contributed by atoms with Gasteiger partial charge in [-0.1, -0.05) is 18.9 Å². The number of benzene rings is 1. The minimum atomic E-state index is -0.533. The van der Waals surface area contributed by atoms with E-state index >= 15 is 0 Å². The molecule has 0 fully saturated rings. The van der Waals surface area contributed by atoms with Gasteiger partial charge in [0.2, 0.25) is 5.91 Å². The normalized spacial score (nSPS) is 13.4. The molecule has 2 aromatic rings. The lowest BCUT2D eigenvalue weighted by Crippen LogP contribution is -2.35. The SMILES string of the molecule is COc1ccc(C)cc1NC(=O)CNC(=O)COC(=O)c1cc2c(s1)CCCCCC2. The third kappa shape index (κ3) is 6.55. The van der Waals surface area contributed by atoms with Gasteiger partial charge in [-0.3, -0.25) is 9.59 Å². The summed E-state index contributed by atoms with van der Waals surface area (Å²) < 4.78 is 10.4. The lowest BCUT2D eigenvalue weighted by Gasteiger charge is -2.11. The Balaban J connectivity index is 1.45. The van der Waals surface area contributed by atoms with E-state index < -0.39 is 24.4 Å². The largest absolute Gasteiger partial charge is 0.495 e. The summed E-state index contributed by atoms with van der Waals surface area (Å²) in [5.41, 5.74) is 2.72. The Morgan fingerprint density at radius 3 is 2.58 bits per heavy atom. The minimum absolute atomic E-state index is 0.235. The van der Waals surface area contributed by atoms with Crippen molar-refractivity contribution in [3.8, 4) is 5.75 Å². The molecule has 1 aromatic heterocycles. The molecule has 0 saturated carbocycles. The molecule has 0 saturated heterocycles. The summed E-state index contributed by atoms with van der Waals surface area (Å²) in [5.74, 6) is -0.902. The Morgan fingerprint density at radius 2 is 1.81 bits per heavy atom. The highest BCUT2D eigenvalue weighted by Crippen LogP contribution is 2.29. The van der Waals surface area contributed by atoms with E-state index in [0.717, 1.165) is 31.2 Å². The van der Waals surface area contributed by atoms with Crippen LogP contribution in [0.3, 0.4) is 0 Å². The maximum absolute atomic E-state index is 12.3. The number of aryl methyl sites for hydroxylation is 3. The van der Waals surface area contributed by atoms with Crippen LogP contribution in [0.1, 0.15) is 51.4 Å². The lowest BCUT2D eigenvalue weighted by molar-refractivity contribution is -0.126. The van der Waals surface area contributed by atoms with Crippen molar-refractivity contribution in [3.63, 3.8) is 0 Å². The Bertz CT molecular complexity index is 928. The van der Waals surface area contributed by atoms with Crippen molar-refractivity contribution in [2.45, 2.75) is 45.4 Å². The number of esters is 1. The number of amides is 2. The summed E-state index contributed by atoms with van der Waals surface area (Å²) in [6.45, 7) is 1.24. The van der Waals surface area contributed by atoms with Crippen LogP contribution in [0, 0.1) is 6.92 Å². The summed E-state index contributed by atoms with van der Waals surface area (Å²) in [7, 11) is 1.52. The standard InChI is InChI=1S/C23H28N2O5S/c1-15-9-10-18(29-2)17(11-15)25-21(26)13-24-22(27)14-30-23(28)20-12-16-7-5-3-4-6-8-19(16)31-20/h9-12H,3-8,13-14H2,1-2H3,(H,24,27)(H,25,26). The summed E-state index contributed by atoms with van der Waals surface area (Å²) >= 11 is 1.46. The topological polar surface area (TPSA) is 93.7 Å². The molecular formula is C23H28N2O5S. The van der Waals surface area contributed by atoms with Crippen LogP contribution in [-0.4, -0.2) is 38.0 Å². The molecule has 0 spiro atoms. The Labute approximate surface area is 186 Å². The monoisotopic (exact) mass is 444 g/mol. The van der Waals surface area contributed by atoms with Crippen LogP contribution >= 0.6 is 11.3 Å². The molecule has 2 N–H and O–H groups in total. The van der Waals surface area contributed by atoms with Gasteiger partial charge in [-0.25, -0.2) is 4.79 Å². The smallest absolute Gasteiger partial charge is 0.348 e. The van der Waals surface area contributed by atoms with E-state index in [1.54, 1.807) is 12.1 Å². The second-order valence-electron chi connectivity index (χ2n) is 7.58. The second-order valence-corrected chi connectivity index (χ2v) is 8.71. The zero-order valence-corrected chi connectivity index (χ0v) is 18.7.